The number of carbonyl (C=O) groups excluding carboxylic acids is 2. The Kier molecular flexibility index (Phi) is 51.9. The van der Waals surface area contributed by atoms with Gasteiger partial charge in [0, 0.05) is 0 Å². The molecule has 2 unspecified atom stereocenters. The molecule has 0 saturated carbocycles. The highest BCUT2D eigenvalue weighted by Crippen LogP contribution is 2.21. The highest BCUT2D eigenvalue weighted by atomic mass is 16.5. The van der Waals surface area contributed by atoms with Gasteiger partial charge < -0.3 is 14.4 Å². The second-order valence-electron chi connectivity index (χ2n) is 15.4. The van der Waals surface area contributed by atoms with Crippen molar-refractivity contribution in [1.29, 1.82) is 0 Å². The maximum absolute atomic E-state index is 12.4. The van der Waals surface area contributed by atoms with E-state index in [1.165, 1.54) is 148 Å². The van der Waals surface area contributed by atoms with Gasteiger partial charge in [0.1, 0.15) is 0 Å². The van der Waals surface area contributed by atoms with Crippen molar-refractivity contribution < 1.29 is 19.1 Å². The number of hydrogen-bond acceptors (Lipinski definition) is 5. The first-order valence-electron chi connectivity index (χ1n) is 24.0. The molecule has 53 heavy (non-hydrogen) atoms. The molecular formula is C48H99NO4. The molecule has 0 bridgehead atoms. The largest absolute Gasteiger partial charge is 0.465 e. The number of rotatable bonds is 38. The first kappa shape index (κ1) is 56.2. The summed E-state index contributed by atoms with van der Waals surface area (Å²) in [6, 6.07) is 0. The van der Waals surface area contributed by atoms with Gasteiger partial charge in [0.2, 0.25) is 0 Å². The molecule has 2 atom stereocenters. The van der Waals surface area contributed by atoms with E-state index >= 15 is 0 Å². The Morgan fingerprint density at radius 2 is 0.698 bits per heavy atom. The van der Waals surface area contributed by atoms with Crippen LogP contribution in [0.4, 0.5) is 0 Å². The lowest BCUT2D eigenvalue weighted by Gasteiger charge is -2.19. The molecule has 0 aliphatic heterocycles. The molecule has 0 spiro atoms. The average molecular weight is 754 g/mol. The van der Waals surface area contributed by atoms with Crippen molar-refractivity contribution in [3.63, 3.8) is 0 Å². The molecule has 0 radical (unpaired) electrons. The van der Waals surface area contributed by atoms with Crippen LogP contribution < -0.4 is 0 Å². The summed E-state index contributed by atoms with van der Waals surface area (Å²) < 4.78 is 11.1. The third kappa shape index (κ3) is 41.9. The van der Waals surface area contributed by atoms with Crippen molar-refractivity contribution in [2.45, 2.75) is 255 Å². The SMILES string of the molecule is CC.CCCCCCC(CCCC)C(=O)OCCCCCCCCCCN(CC)CCC.CCCCCCCOC(=O)C(CCCC)CCCCCC. The van der Waals surface area contributed by atoms with Gasteiger partial charge in [0.15, 0.2) is 0 Å². The lowest BCUT2D eigenvalue weighted by atomic mass is 9.95. The Balaban J connectivity index is -0.000000953. The van der Waals surface area contributed by atoms with E-state index in [0.29, 0.717) is 13.2 Å². The summed E-state index contributed by atoms with van der Waals surface area (Å²) in [6.45, 7) is 24.6. The Labute approximate surface area is 334 Å². The lowest BCUT2D eigenvalue weighted by Crippen LogP contribution is -2.25. The first-order valence-corrected chi connectivity index (χ1v) is 24.0. The molecule has 0 N–H and O–H groups in total. The molecule has 5 heteroatoms. The zero-order chi connectivity index (χ0) is 40.0. The van der Waals surface area contributed by atoms with Crippen molar-refractivity contribution in [1.82, 2.24) is 4.90 Å². The van der Waals surface area contributed by atoms with Crippen LogP contribution in [0.5, 0.6) is 0 Å². The second-order valence-corrected chi connectivity index (χ2v) is 15.4. The van der Waals surface area contributed by atoms with Gasteiger partial charge in [-0.2, -0.15) is 0 Å². The minimum absolute atomic E-state index is 0.0652. The van der Waals surface area contributed by atoms with Crippen LogP contribution in [0.1, 0.15) is 255 Å². The molecular weight excluding hydrogens is 655 g/mol. The predicted octanol–water partition coefficient (Wildman–Crippen LogP) is 15.5. The minimum Gasteiger partial charge on any atom is -0.465 e. The lowest BCUT2D eigenvalue weighted by molar-refractivity contribution is -0.150. The van der Waals surface area contributed by atoms with Gasteiger partial charge >= 0.3 is 11.9 Å². The third-order valence-electron chi connectivity index (χ3n) is 10.4. The van der Waals surface area contributed by atoms with Crippen LogP contribution in [0.25, 0.3) is 0 Å². The molecule has 0 aromatic rings. The molecule has 0 fully saturated rings. The number of unbranched alkanes of at least 4 members (excludes halogenated alkanes) is 19. The van der Waals surface area contributed by atoms with E-state index in [-0.39, 0.29) is 23.8 Å². The van der Waals surface area contributed by atoms with Gasteiger partial charge in [0.25, 0.3) is 0 Å². The van der Waals surface area contributed by atoms with Crippen molar-refractivity contribution >= 4 is 11.9 Å². The van der Waals surface area contributed by atoms with E-state index in [9.17, 15) is 9.59 Å². The van der Waals surface area contributed by atoms with Gasteiger partial charge in [-0.05, 0) is 71.0 Å². The number of carbonyl (C=O) groups is 2. The second kappa shape index (κ2) is 48.9. The fourth-order valence-corrected chi connectivity index (χ4v) is 6.83. The zero-order valence-electron chi connectivity index (χ0n) is 38.0. The highest BCUT2D eigenvalue weighted by Gasteiger charge is 2.20. The van der Waals surface area contributed by atoms with Crippen LogP contribution in [-0.4, -0.2) is 49.7 Å². The highest BCUT2D eigenvalue weighted by molar-refractivity contribution is 5.72. The van der Waals surface area contributed by atoms with Crippen LogP contribution in [0, 0.1) is 11.8 Å². The molecule has 0 aliphatic rings. The fraction of sp³-hybridized carbons (Fsp3) is 0.958. The molecule has 0 heterocycles. The van der Waals surface area contributed by atoms with Crippen LogP contribution in [0.15, 0.2) is 0 Å². The molecule has 0 aliphatic carbocycles. The number of ether oxygens (including phenoxy) is 2. The summed E-state index contributed by atoms with van der Waals surface area (Å²) in [5, 5.41) is 0. The van der Waals surface area contributed by atoms with Gasteiger partial charge in [-0.3, -0.25) is 9.59 Å². The molecule has 0 aromatic carbocycles. The molecule has 0 amide bonds. The van der Waals surface area contributed by atoms with E-state index in [2.05, 4.69) is 53.4 Å². The molecule has 0 saturated heterocycles. The van der Waals surface area contributed by atoms with E-state index < -0.39 is 0 Å². The smallest absolute Gasteiger partial charge is 0.308 e. The summed E-state index contributed by atoms with van der Waals surface area (Å²) in [5.41, 5.74) is 0. The summed E-state index contributed by atoms with van der Waals surface area (Å²) in [6.07, 6.45) is 36.2. The standard InChI is InChI=1S/C27H55NO2.C19H38O2.C2H6/c1-5-9-11-18-22-26(21-10-6-2)27(29)30-25-20-17-15-13-12-14-16-19-24-28(8-4)23-7-3;1-4-7-10-12-14-17-21-19(20)18(15-9-6-3)16-13-11-8-5-2;1-2/h26H,5-25H2,1-4H3;18H,4-17H2,1-3H3;1-2H3. The molecule has 320 valence electrons. The van der Waals surface area contributed by atoms with Gasteiger partial charge in [0.05, 0.1) is 25.0 Å². The van der Waals surface area contributed by atoms with Gasteiger partial charge in [-0.1, -0.05) is 204 Å². The van der Waals surface area contributed by atoms with Crippen LogP contribution in [0.3, 0.4) is 0 Å². The fourth-order valence-electron chi connectivity index (χ4n) is 6.83. The van der Waals surface area contributed by atoms with Crippen molar-refractivity contribution in [2.24, 2.45) is 11.8 Å². The monoisotopic (exact) mass is 754 g/mol. The summed E-state index contributed by atoms with van der Waals surface area (Å²) in [5.74, 6) is 0.430. The van der Waals surface area contributed by atoms with Crippen molar-refractivity contribution in [3.8, 4) is 0 Å². The van der Waals surface area contributed by atoms with E-state index in [4.69, 9.17) is 9.47 Å². The molecule has 5 nitrogen and oxygen atoms in total. The first-order chi connectivity index (χ1) is 25.9. The van der Waals surface area contributed by atoms with E-state index in [1.54, 1.807) is 0 Å². The van der Waals surface area contributed by atoms with Crippen LogP contribution >= 0.6 is 0 Å². The number of esters is 2. The Morgan fingerprint density at radius 3 is 1.06 bits per heavy atom. The quantitative estimate of drug-likeness (QED) is 0.0464. The number of hydrogen-bond donors (Lipinski definition) is 0. The van der Waals surface area contributed by atoms with Crippen molar-refractivity contribution in [2.75, 3.05) is 32.8 Å². The van der Waals surface area contributed by atoms with Crippen molar-refractivity contribution in [3.05, 3.63) is 0 Å². The van der Waals surface area contributed by atoms with E-state index in [1.807, 2.05) is 13.8 Å². The molecule has 0 aromatic heterocycles. The Hall–Kier alpha value is -1.10. The summed E-state index contributed by atoms with van der Waals surface area (Å²) in [4.78, 5) is 27.2. The van der Waals surface area contributed by atoms with Gasteiger partial charge in [-0.25, -0.2) is 0 Å². The zero-order valence-corrected chi connectivity index (χ0v) is 38.0. The van der Waals surface area contributed by atoms with Gasteiger partial charge in [-0.15, -0.1) is 0 Å². The van der Waals surface area contributed by atoms with E-state index in [0.717, 1.165) is 64.2 Å². The Bertz CT molecular complexity index is 699. The topological polar surface area (TPSA) is 55.8 Å². The molecule has 0 rings (SSSR count). The van der Waals surface area contributed by atoms with Crippen LogP contribution in [0.2, 0.25) is 0 Å². The van der Waals surface area contributed by atoms with Crippen LogP contribution in [-0.2, 0) is 19.1 Å². The Morgan fingerprint density at radius 1 is 0.377 bits per heavy atom. The third-order valence-corrected chi connectivity index (χ3v) is 10.4. The number of nitrogens with zero attached hydrogens (tertiary/aromatic N) is 1. The maximum Gasteiger partial charge on any atom is 0.308 e. The predicted molar refractivity (Wildman–Crippen MR) is 235 cm³/mol. The summed E-state index contributed by atoms with van der Waals surface area (Å²) >= 11 is 0. The minimum atomic E-state index is 0.0652. The summed E-state index contributed by atoms with van der Waals surface area (Å²) in [7, 11) is 0. The normalized spacial score (nSPS) is 12.0. The maximum atomic E-state index is 12.4. The average Bonchev–Trinajstić information content (AvgIpc) is 3.18.